The molecule has 0 spiro atoms. The number of rotatable bonds is 3. The Hall–Kier alpha value is -2.43. The Morgan fingerprint density at radius 3 is 3.00 bits per heavy atom. The summed E-state index contributed by atoms with van der Waals surface area (Å²) in [6.45, 7) is 0.255. The zero-order valence-corrected chi connectivity index (χ0v) is 11.0. The zero-order valence-electron chi connectivity index (χ0n) is 11.0. The van der Waals surface area contributed by atoms with Crippen LogP contribution < -0.4 is 9.47 Å². The average Bonchev–Trinajstić information content (AvgIpc) is 2.92. The molecule has 0 saturated heterocycles. The Labute approximate surface area is 116 Å². The van der Waals surface area contributed by atoms with E-state index in [1.54, 1.807) is 7.11 Å². The van der Waals surface area contributed by atoms with Crippen LogP contribution in [0.2, 0.25) is 0 Å². The number of carbonyl (C=O) groups excluding carboxylic acids is 1. The van der Waals surface area contributed by atoms with Crippen molar-refractivity contribution in [2.75, 3.05) is 13.9 Å². The molecule has 0 fully saturated rings. The van der Waals surface area contributed by atoms with Gasteiger partial charge in [-0.3, -0.25) is 0 Å². The van der Waals surface area contributed by atoms with Crippen molar-refractivity contribution in [1.29, 1.82) is 0 Å². The monoisotopic (exact) mass is 274 g/mol. The van der Waals surface area contributed by atoms with E-state index in [1.165, 1.54) is 6.08 Å². The molecule has 2 aliphatic rings. The number of ether oxygens (including phenoxy) is 4. The SMILES string of the molecule is COC1=CC(=O)O[C@@H](C=Cc2ccc3c(c2)OCO3)C1. The van der Waals surface area contributed by atoms with Gasteiger partial charge in [0.2, 0.25) is 6.79 Å². The van der Waals surface area contributed by atoms with Crippen LogP contribution in [0.15, 0.2) is 36.1 Å². The van der Waals surface area contributed by atoms with Crippen molar-refractivity contribution in [3.8, 4) is 11.5 Å². The highest BCUT2D eigenvalue weighted by atomic mass is 16.7. The topological polar surface area (TPSA) is 54.0 Å². The molecule has 0 N–H and O–H groups in total. The van der Waals surface area contributed by atoms with Crippen molar-refractivity contribution in [2.24, 2.45) is 0 Å². The van der Waals surface area contributed by atoms with Crippen molar-refractivity contribution in [1.82, 2.24) is 0 Å². The van der Waals surface area contributed by atoms with E-state index in [-0.39, 0.29) is 18.9 Å². The summed E-state index contributed by atoms with van der Waals surface area (Å²) in [5, 5.41) is 0. The summed E-state index contributed by atoms with van der Waals surface area (Å²) < 4.78 is 20.9. The molecule has 104 valence electrons. The van der Waals surface area contributed by atoms with Gasteiger partial charge in [-0.2, -0.15) is 0 Å². The normalized spacial score (nSPS) is 20.8. The van der Waals surface area contributed by atoms with E-state index in [0.29, 0.717) is 12.2 Å². The highest BCUT2D eigenvalue weighted by Crippen LogP contribution is 2.33. The second kappa shape index (κ2) is 5.28. The van der Waals surface area contributed by atoms with E-state index in [4.69, 9.17) is 18.9 Å². The molecule has 0 aromatic heterocycles. The van der Waals surface area contributed by atoms with Crippen LogP contribution in [0.1, 0.15) is 12.0 Å². The van der Waals surface area contributed by atoms with Crippen LogP contribution in [-0.4, -0.2) is 26.0 Å². The summed E-state index contributed by atoms with van der Waals surface area (Å²) in [5.74, 6) is 1.72. The first-order valence-corrected chi connectivity index (χ1v) is 6.27. The molecule has 2 heterocycles. The molecular formula is C15H14O5. The van der Waals surface area contributed by atoms with Crippen LogP contribution in [-0.2, 0) is 14.3 Å². The lowest BCUT2D eigenvalue weighted by molar-refractivity contribution is -0.142. The van der Waals surface area contributed by atoms with Gasteiger partial charge in [0.05, 0.1) is 13.2 Å². The number of esters is 1. The van der Waals surface area contributed by atoms with Gasteiger partial charge in [-0.15, -0.1) is 0 Å². The van der Waals surface area contributed by atoms with Gasteiger partial charge in [0.1, 0.15) is 11.9 Å². The molecule has 5 nitrogen and oxygen atoms in total. The summed E-state index contributed by atoms with van der Waals surface area (Å²) in [7, 11) is 1.54. The third kappa shape index (κ3) is 2.61. The van der Waals surface area contributed by atoms with Gasteiger partial charge in [0, 0.05) is 6.42 Å². The average molecular weight is 274 g/mol. The molecule has 0 unspecified atom stereocenters. The van der Waals surface area contributed by atoms with E-state index in [1.807, 2.05) is 30.4 Å². The third-order valence-electron chi connectivity index (χ3n) is 3.11. The fraction of sp³-hybridized carbons (Fsp3) is 0.267. The smallest absolute Gasteiger partial charge is 0.334 e. The molecule has 0 amide bonds. The van der Waals surface area contributed by atoms with Crippen molar-refractivity contribution in [2.45, 2.75) is 12.5 Å². The van der Waals surface area contributed by atoms with Crippen LogP contribution in [0.25, 0.3) is 6.08 Å². The summed E-state index contributed by atoms with van der Waals surface area (Å²) in [4.78, 5) is 11.4. The van der Waals surface area contributed by atoms with Gasteiger partial charge in [-0.25, -0.2) is 4.79 Å². The van der Waals surface area contributed by atoms with Gasteiger partial charge in [0.15, 0.2) is 11.5 Å². The molecule has 1 atom stereocenters. The maximum Gasteiger partial charge on any atom is 0.334 e. The first-order valence-electron chi connectivity index (χ1n) is 6.27. The third-order valence-corrected chi connectivity index (χ3v) is 3.11. The van der Waals surface area contributed by atoms with Gasteiger partial charge in [-0.05, 0) is 23.8 Å². The van der Waals surface area contributed by atoms with Gasteiger partial charge in [0.25, 0.3) is 0 Å². The van der Waals surface area contributed by atoms with E-state index < -0.39 is 0 Å². The lowest BCUT2D eigenvalue weighted by Crippen LogP contribution is -2.21. The van der Waals surface area contributed by atoms with Crippen molar-refractivity contribution < 1.29 is 23.7 Å². The maximum atomic E-state index is 11.4. The summed E-state index contributed by atoms with van der Waals surface area (Å²) in [6, 6.07) is 5.66. The maximum absolute atomic E-state index is 11.4. The highest BCUT2D eigenvalue weighted by molar-refractivity contribution is 5.83. The van der Waals surface area contributed by atoms with Gasteiger partial charge >= 0.3 is 5.97 Å². The van der Waals surface area contributed by atoms with Crippen LogP contribution in [0, 0.1) is 0 Å². The molecule has 0 saturated carbocycles. The second-order valence-electron chi connectivity index (χ2n) is 4.47. The minimum Gasteiger partial charge on any atom is -0.501 e. The molecular weight excluding hydrogens is 260 g/mol. The van der Waals surface area contributed by atoms with E-state index in [2.05, 4.69) is 0 Å². The summed E-state index contributed by atoms with van der Waals surface area (Å²) in [6.07, 6.45) is 5.32. The molecule has 0 radical (unpaired) electrons. The quantitative estimate of drug-likeness (QED) is 0.791. The predicted octanol–water partition coefficient (Wildman–Crippen LogP) is 2.27. The largest absolute Gasteiger partial charge is 0.501 e. The number of cyclic esters (lactones) is 1. The van der Waals surface area contributed by atoms with Crippen molar-refractivity contribution >= 4 is 12.0 Å². The second-order valence-corrected chi connectivity index (χ2v) is 4.47. The first-order chi connectivity index (χ1) is 9.74. The molecule has 0 aliphatic carbocycles. The molecule has 3 rings (SSSR count). The van der Waals surface area contributed by atoms with E-state index in [9.17, 15) is 4.79 Å². The number of benzene rings is 1. The molecule has 1 aromatic rings. The van der Waals surface area contributed by atoms with Crippen LogP contribution >= 0.6 is 0 Å². The van der Waals surface area contributed by atoms with Crippen LogP contribution in [0.3, 0.4) is 0 Å². The van der Waals surface area contributed by atoms with Crippen molar-refractivity contribution in [3.05, 3.63) is 41.7 Å². The minimum atomic E-state index is -0.381. The fourth-order valence-electron chi connectivity index (χ4n) is 2.10. The Morgan fingerprint density at radius 2 is 2.15 bits per heavy atom. The molecule has 20 heavy (non-hydrogen) atoms. The number of methoxy groups -OCH3 is 1. The number of hydrogen-bond donors (Lipinski definition) is 0. The Bertz CT molecular complexity index is 588. The lowest BCUT2D eigenvalue weighted by Gasteiger charge is -2.19. The van der Waals surface area contributed by atoms with Crippen LogP contribution in [0.4, 0.5) is 0 Å². The highest BCUT2D eigenvalue weighted by Gasteiger charge is 2.20. The zero-order chi connectivity index (χ0) is 13.9. The summed E-state index contributed by atoms with van der Waals surface area (Å²) in [5.41, 5.74) is 0.957. The lowest BCUT2D eigenvalue weighted by atomic mass is 10.1. The Morgan fingerprint density at radius 1 is 1.30 bits per heavy atom. The predicted molar refractivity (Wildman–Crippen MR) is 71.2 cm³/mol. The molecule has 1 aromatic carbocycles. The van der Waals surface area contributed by atoms with Gasteiger partial charge in [-0.1, -0.05) is 12.1 Å². The Kier molecular flexibility index (Phi) is 3.33. The number of fused-ring (bicyclic) bond motifs is 1. The fourth-order valence-corrected chi connectivity index (χ4v) is 2.10. The summed E-state index contributed by atoms with van der Waals surface area (Å²) >= 11 is 0. The van der Waals surface area contributed by atoms with Crippen LogP contribution in [0.5, 0.6) is 11.5 Å². The molecule has 0 bridgehead atoms. The Balaban J connectivity index is 1.71. The standard InChI is InChI=1S/C15H14O5/c1-17-12-7-11(20-15(16)8-12)4-2-10-3-5-13-14(6-10)19-9-18-13/h2-6,8,11H,7,9H2,1H3/t11-/m0/s1. The minimum absolute atomic E-state index is 0.255. The van der Waals surface area contributed by atoms with E-state index >= 15 is 0 Å². The number of hydrogen-bond acceptors (Lipinski definition) is 5. The number of carbonyl (C=O) groups is 1. The molecule has 5 heteroatoms. The van der Waals surface area contributed by atoms with Crippen molar-refractivity contribution in [3.63, 3.8) is 0 Å². The van der Waals surface area contributed by atoms with E-state index in [0.717, 1.165) is 17.1 Å². The van der Waals surface area contributed by atoms with Gasteiger partial charge < -0.3 is 18.9 Å². The first kappa shape index (κ1) is 12.6. The molecule has 2 aliphatic heterocycles.